The molecule has 0 bridgehead atoms. The van der Waals surface area contributed by atoms with Crippen molar-refractivity contribution in [2.24, 2.45) is 0 Å². The zero-order valence-corrected chi connectivity index (χ0v) is 27.5. The van der Waals surface area contributed by atoms with Gasteiger partial charge in [0.1, 0.15) is 5.69 Å². The lowest BCUT2D eigenvalue weighted by Crippen LogP contribution is -2.44. The van der Waals surface area contributed by atoms with Gasteiger partial charge in [0.25, 0.3) is 5.91 Å². The van der Waals surface area contributed by atoms with Gasteiger partial charge in [0, 0.05) is 61.9 Å². The van der Waals surface area contributed by atoms with E-state index in [1.807, 2.05) is 80.8 Å². The van der Waals surface area contributed by atoms with Gasteiger partial charge in [0.2, 0.25) is 0 Å². The molecular formula is C37H39N9O. The molecule has 0 saturated carbocycles. The minimum atomic E-state index is -0.709. The van der Waals surface area contributed by atoms with Crippen molar-refractivity contribution in [1.82, 2.24) is 29.4 Å². The standard InChI is InChI=1S/C37H39N9O/c1-25-17-26(2)32(18-27(25)9-11-31-22-39-35-34(7-6-12-46(31)35)42-30-20-40-41-21-30)36(47)43-29-10-8-28(33(19-29)37(3,4)24-38)23-45-15-13-44(5)14-16-45/h6-8,10,12,17-22,42H,13-16,23H2,1-5H3,(H,40,41)(H,43,47). The van der Waals surface area contributed by atoms with Crippen molar-refractivity contribution in [3.63, 3.8) is 0 Å². The molecule has 10 heteroatoms. The van der Waals surface area contributed by atoms with Crippen molar-refractivity contribution >= 4 is 28.6 Å². The number of aromatic nitrogens is 4. The number of carbonyl (C=O) groups is 1. The van der Waals surface area contributed by atoms with Crippen LogP contribution in [0.4, 0.5) is 17.1 Å². The number of likely N-dealkylation sites (N-methyl/N-ethyl adjacent to an activating group) is 1. The van der Waals surface area contributed by atoms with Crippen LogP contribution in [0.25, 0.3) is 5.65 Å². The monoisotopic (exact) mass is 625 g/mol. The fourth-order valence-electron chi connectivity index (χ4n) is 5.92. The third kappa shape index (κ3) is 6.90. The molecule has 0 unspecified atom stereocenters. The molecule has 1 saturated heterocycles. The second kappa shape index (κ2) is 13.1. The van der Waals surface area contributed by atoms with Gasteiger partial charge in [-0.25, -0.2) is 4.98 Å². The first kappa shape index (κ1) is 31.6. The predicted molar refractivity (Wildman–Crippen MR) is 185 cm³/mol. The lowest BCUT2D eigenvalue weighted by Gasteiger charge is -2.33. The number of nitrogens with zero attached hydrogens (tertiary/aromatic N) is 6. The van der Waals surface area contributed by atoms with Crippen molar-refractivity contribution in [3.8, 4) is 17.9 Å². The molecule has 4 heterocycles. The zero-order valence-electron chi connectivity index (χ0n) is 27.5. The largest absolute Gasteiger partial charge is 0.350 e. The highest BCUT2D eigenvalue weighted by atomic mass is 16.1. The Bertz CT molecular complexity index is 2030. The number of piperazine rings is 1. The number of hydrogen-bond acceptors (Lipinski definition) is 7. The molecule has 3 aromatic heterocycles. The third-order valence-electron chi connectivity index (χ3n) is 8.76. The molecule has 5 aromatic rings. The summed E-state index contributed by atoms with van der Waals surface area (Å²) in [5, 5.41) is 23.2. The van der Waals surface area contributed by atoms with Crippen molar-refractivity contribution in [1.29, 1.82) is 5.26 Å². The average molecular weight is 626 g/mol. The number of benzene rings is 2. The van der Waals surface area contributed by atoms with E-state index in [4.69, 9.17) is 0 Å². The molecule has 1 fully saturated rings. The van der Waals surface area contributed by atoms with Crippen molar-refractivity contribution in [2.45, 2.75) is 39.7 Å². The van der Waals surface area contributed by atoms with Crippen LogP contribution in [-0.2, 0) is 12.0 Å². The van der Waals surface area contributed by atoms with E-state index in [1.54, 1.807) is 18.6 Å². The second-order valence-electron chi connectivity index (χ2n) is 12.7. The molecule has 0 radical (unpaired) electrons. The van der Waals surface area contributed by atoms with Gasteiger partial charge in [0.05, 0.1) is 35.3 Å². The Labute approximate surface area is 275 Å². The highest BCUT2D eigenvalue weighted by Crippen LogP contribution is 2.30. The first-order valence-electron chi connectivity index (χ1n) is 15.7. The van der Waals surface area contributed by atoms with E-state index in [-0.39, 0.29) is 5.91 Å². The van der Waals surface area contributed by atoms with E-state index in [2.05, 4.69) is 60.6 Å². The number of imidazole rings is 1. The summed E-state index contributed by atoms with van der Waals surface area (Å²) < 4.78 is 1.93. The van der Waals surface area contributed by atoms with Crippen LogP contribution in [0, 0.1) is 37.0 Å². The number of amides is 1. The number of aromatic amines is 1. The summed E-state index contributed by atoms with van der Waals surface area (Å²) in [5.74, 6) is 6.31. The van der Waals surface area contributed by atoms with E-state index in [0.29, 0.717) is 11.3 Å². The number of rotatable bonds is 7. The molecule has 10 nitrogen and oxygen atoms in total. The molecule has 47 heavy (non-hydrogen) atoms. The van der Waals surface area contributed by atoms with Gasteiger partial charge >= 0.3 is 0 Å². The Hall–Kier alpha value is -5.42. The molecule has 2 aromatic carbocycles. The molecule has 6 rings (SSSR count). The summed E-state index contributed by atoms with van der Waals surface area (Å²) in [6, 6.07) is 16.1. The quantitative estimate of drug-likeness (QED) is 0.201. The fraction of sp³-hybridized carbons (Fsp3) is 0.297. The normalized spacial score (nSPS) is 14.0. The van der Waals surface area contributed by atoms with Gasteiger partial charge in [-0.3, -0.25) is 19.2 Å². The minimum Gasteiger partial charge on any atom is -0.350 e. The Morgan fingerprint density at radius 3 is 2.57 bits per heavy atom. The molecule has 0 spiro atoms. The summed E-state index contributed by atoms with van der Waals surface area (Å²) in [6.45, 7) is 12.6. The number of fused-ring (bicyclic) bond motifs is 1. The number of H-pyrrole nitrogens is 1. The van der Waals surface area contributed by atoms with Crippen LogP contribution in [0.5, 0.6) is 0 Å². The molecule has 1 aliphatic heterocycles. The minimum absolute atomic E-state index is 0.220. The van der Waals surface area contributed by atoms with Crippen molar-refractivity contribution in [2.75, 3.05) is 43.9 Å². The van der Waals surface area contributed by atoms with Crippen LogP contribution < -0.4 is 10.6 Å². The van der Waals surface area contributed by atoms with Crippen LogP contribution in [0.2, 0.25) is 0 Å². The van der Waals surface area contributed by atoms with Crippen LogP contribution in [0.1, 0.15) is 57.7 Å². The molecule has 0 aliphatic carbocycles. The maximum absolute atomic E-state index is 13.7. The van der Waals surface area contributed by atoms with Crippen molar-refractivity contribution < 1.29 is 4.79 Å². The fourth-order valence-corrected chi connectivity index (χ4v) is 5.92. The summed E-state index contributed by atoms with van der Waals surface area (Å²) in [4.78, 5) is 23.0. The maximum atomic E-state index is 13.7. The Kier molecular flexibility index (Phi) is 8.82. The van der Waals surface area contributed by atoms with Gasteiger partial charge in [-0.15, -0.1) is 0 Å². The topological polar surface area (TPSA) is 117 Å². The van der Waals surface area contributed by atoms with Crippen LogP contribution >= 0.6 is 0 Å². The van der Waals surface area contributed by atoms with E-state index < -0.39 is 5.41 Å². The first-order chi connectivity index (χ1) is 22.6. The Morgan fingerprint density at radius 1 is 1.02 bits per heavy atom. The van der Waals surface area contributed by atoms with E-state index in [1.165, 1.54) is 0 Å². The molecule has 238 valence electrons. The van der Waals surface area contributed by atoms with Gasteiger partial charge in [-0.2, -0.15) is 10.4 Å². The Morgan fingerprint density at radius 2 is 1.83 bits per heavy atom. The summed E-state index contributed by atoms with van der Waals surface area (Å²) >= 11 is 0. The van der Waals surface area contributed by atoms with Crippen LogP contribution in [0.15, 0.2) is 67.3 Å². The number of nitrogens with one attached hydrogen (secondary N) is 3. The van der Waals surface area contributed by atoms with Crippen molar-refractivity contribution in [3.05, 3.63) is 106 Å². The number of nitriles is 1. The lowest BCUT2D eigenvalue weighted by molar-refractivity contribution is 0.102. The van der Waals surface area contributed by atoms with Gasteiger partial charge in [0.15, 0.2) is 5.65 Å². The smallest absolute Gasteiger partial charge is 0.255 e. The average Bonchev–Trinajstić information content (AvgIpc) is 3.73. The molecule has 0 atom stereocenters. The van der Waals surface area contributed by atoms with E-state index in [9.17, 15) is 10.1 Å². The number of anilines is 3. The summed E-state index contributed by atoms with van der Waals surface area (Å²) in [5.41, 5.74) is 8.28. The SMILES string of the molecule is Cc1cc(C)c(C(=O)Nc2ccc(CN3CCN(C)CC3)c(C(C)(C)C#N)c2)cc1C#Cc1cnc2c(Nc3cn[nH]c3)cccn12. The Balaban J connectivity index is 1.24. The third-order valence-corrected chi connectivity index (χ3v) is 8.76. The van der Waals surface area contributed by atoms with Gasteiger partial charge in [-0.1, -0.05) is 18.1 Å². The van der Waals surface area contributed by atoms with Crippen LogP contribution in [0.3, 0.4) is 0 Å². The van der Waals surface area contributed by atoms with Gasteiger partial charge in [-0.05, 0) is 93.2 Å². The number of hydrogen-bond donors (Lipinski definition) is 3. The number of aryl methyl sites for hydroxylation is 2. The van der Waals surface area contributed by atoms with E-state index >= 15 is 0 Å². The second-order valence-corrected chi connectivity index (χ2v) is 12.7. The van der Waals surface area contributed by atoms with Gasteiger partial charge < -0.3 is 15.5 Å². The van der Waals surface area contributed by atoms with E-state index in [0.717, 1.165) is 83.3 Å². The number of carbonyl (C=O) groups excluding carboxylic acids is 1. The zero-order chi connectivity index (χ0) is 33.1. The molecular weight excluding hydrogens is 586 g/mol. The van der Waals surface area contributed by atoms with Crippen LogP contribution in [-0.4, -0.2) is 68.5 Å². The lowest BCUT2D eigenvalue weighted by atomic mass is 9.82. The molecule has 1 amide bonds. The summed E-state index contributed by atoms with van der Waals surface area (Å²) in [6.07, 6.45) is 7.15. The number of pyridine rings is 1. The highest BCUT2D eigenvalue weighted by Gasteiger charge is 2.26. The molecule has 3 N–H and O–H groups in total. The maximum Gasteiger partial charge on any atom is 0.255 e. The first-order valence-corrected chi connectivity index (χ1v) is 15.7. The molecule has 1 aliphatic rings. The summed E-state index contributed by atoms with van der Waals surface area (Å²) in [7, 11) is 2.14. The highest BCUT2D eigenvalue weighted by molar-refractivity contribution is 6.05. The predicted octanol–water partition coefficient (Wildman–Crippen LogP) is 5.62.